The maximum atomic E-state index is 12.1. The highest BCUT2D eigenvalue weighted by atomic mass is 16.3. The lowest BCUT2D eigenvalue weighted by molar-refractivity contribution is 0.156. The van der Waals surface area contributed by atoms with Gasteiger partial charge in [-0.05, 0) is 45.7 Å². The lowest BCUT2D eigenvalue weighted by atomic mass is 9.94. The Labute approximate surface area is 128 Å². The Hall–Kier alpha value is -0.810. The van der Waals surface area contributed by atoms with E-state index in [1.807, 2.05) is 0 Å². The van der Waals surface area contributed by atoms with E-state index in [2.05, 4.69) is 17.3 Å². The molecule has 0 bridgehead atoms. The summed E-state index contributed by atoms with van der Waals surface area (Å²) in [5.41, 5.74) is 0. The Morgan fingerprint density at radius 1 is 1.24 bits per heavy atom. The van der Waals surface area contributed by atoms with Crippen LogP contribution in [0.1, 0.15) is 51.4 Å². The molecule has 1 saturated heterocycles. The van der Waals surface area contributed by atoms with Crippen LogP contribution in [-0.2, 0) is 0 Å². The monoisotopic (exact) mass is 297 g/mol. The Bertz CT molecular complexity index is 319. The molecule has 0 aromatic carbocycles. The van der Waals surface area contributed by atoms with Gasteiger partial charge in [0.2, 0.25) is 0 Å². The Balaban J connectivity index is 1.59. The maximum absolute atomic E-state index is 12.1. The third-order valence-electron chi connectivity index (χ3n) is 5.01. The summed E-state index contributed by atoms with van der Waals surface area (Å²) in [7, 11) is 2.21. The van der Waals surface area contributed by atoms with E-state index in [-0.39, 0.29) is 18.7 Å². The fourth-order valence-corrected chi connectivity index (χ4v) is 3.62. The van der Waals surface area contributed by atoms with Gasteiger partial charge < -0.3 is 20.2 Å². The van der Waals surface area contributed by atoms with E-state index < -0.39 is 0 Å². The molecule has 2 aliphatic rings. The second-order valence-electron chi connectivity index (χ2n) is 6.53. The number of aliphatic hydroxyl groups is 1. The predicted octanol–water partition coefficient (Wildman–Crippen LogP) is 1.81. The number of hydrogen-bond acceptors (Lipinski definition) is 3. The largest absolute Gasteiger partial charge is 0.394 e. The molecule has 0 unspecified atom stereocenters. The number of carbonyl (C=O) groups excluding carboxylic acids is 1. The van der Waals surface area contributed by atoms with Crippen LogP contribution in [0.2, 0.25) is 0 Å². The van der Waals surface area contributed by atoms with Crippen molar-refractivity contribution in [2.24, 2.45) is 0 Å². The van der Waals surface area contributed by atoms with E-state index >= 15 is 0 Å². The van der Waals surface area contributed by atoms with Gasteiger partial charge in [-0.3, -0.25) is 0 Å². The van der Waals surface area contributed by atoms with Crippen molar-refractivity contribution in [2.45, 2.75) is 63.5 Å². The molecule has 0 radical (unpaired) electrons. The molecule has 1 aliphatic carbocycles. The van der Waals surface area contributed by atoms with E-state index in [0.717, 1.165) is 44.9 Å². The molecular weight excluding hydrogens is 266 g/mol. The van der Waals surface area contributed by atoms with Crippen molar-refractivity contribution in [3.63, 3.8) is 0 Å². The van der Waals surface area contributed by atoms with Crippen molar-refractivity contribution < 1.29 is 9.90 Å². The maximum Gasteiger partial charge on any atom is 0.317 e. The molecule has 0 spiro atoms. The molecule has 21 heavy (non-hydrogen) atoms. The van der Waals surface area contributed by atoms with Gasteiger partial charge in [-0.1, -0.05) is 19.3 Å². The van der Waals surface area contributed by atoms with E-state index in [4.69, 9.17) is 0 Å². The fourth-order valence-electron chi connectivity index (χ4n) is 3.62. The SMILES string of the molecule is CN(CCCNC(=O)N1CCC[C@H]1CO)C1CCCCC1. The van der Waals surface area contributed by atoms with Gasteiger partial charge in [0, 0.05) is 19.1 Å². The predicted molar refractivity (Wildman–Crippen MR) is 84.3 cm³/mol. The Morgan fingerprint density at radius 3 is 2.71 bits per heavy atom. The molecule has 1 aliphatic heterocycles. The highest BCUT2D eigenvalue weighted by Crippen LogP contribution is 2.21. The molecule has 2 rings (SSSR count). The standard InChI is InChI=1S/C16H31N3O2/c1-18(14-7-3-2-4-8-14)11-6-10-17-16(21)19-12-5-9-15(19)13-20/h14-15,20H,2-13H2,1H3,(H,17,21)/t15-/m0/s1. The molecule has 0 aromatic rings. The molecule has 0 aromatic heterocycles. The van der Waals surface area contributed by atoms with Crippen LogP contribution in [0.5, 0.6) is 0 Å². The molecule has 5 nitrogen and oxygen atoms in total. The summed E-state index contributed by atoms with van der Waals surface area (Å²) in [6, 6.07) is 0.758. The number of amides is 2. The smallest absolute Gasteiger partial charge is 0.317 e. The zero-order valence-electron chi connectivity index (χ0n) is 13.4. The van der Waals surface area contributed by atoms with Crippen LogP contribution < -0.4 is 5.32 Å². The Kier molecular flexibility index (Phi) is 6.77. The van der Waals surface area contributed by atoms with Gasteiger partial charge in [-0.15, -0.1) is 0 Å². The lowest BCUT2D eigenvalue weighted by Gasteiger charge is -2.31. The molecule has 2 N–H and O–H groups in total. The summed E-state index contributed by atoms with van der Waals surface area (Å²) in [6.07, 6.45) is 9.70. The first kappa shape index (κ1) is 16.6. The minimum Gasteiger partial charge on any atom is -0.394 e. The number of likely N-dealkylation sites (tertiary alicyclic amines) is 1. The molecule has 5 heteroatoms. The van der Waals surface area contributed by atoms with Gasteiger partial charge in [0.15, 0.2) is 0 Å². The zero-order valence-corrected chi connectivity index (χ0v) is 13.4. The molecular formula is C16H31N3O2. The molecule has 1 saturated carbocycles. The number of carbonyl (C=O) groups is 1. The molecule has 2 fully saturated rings. The van der Waals surface area contributed by atoms with Crippen molar-refractivity contribution in [1.82, 2.24) is 15.1 Å². The summed E-state index contributed by atoms with van der Waals surface area (Å²) in [5.74, 6) is 0. The van der Waals surface area contributed by atoms with Gasteiger partial charge in [-0.25, -0.2) is 4.79 Å². The minimum absolute atomic E-state index is 0.00753. The summed E-state index contributed by atoms with van der Waals surface area (Å²) < 4.78 is 0. The van der Waals surface area contributed by atoms with Gasteiger partial charge in [-0.2, -0.15) is 0 Å². The first-order valence-corrected chi connectivity index (χ1v) is 8.58. The van der Waals surface area contributed by atoms with Crippen LogP contribution in [-0.4, -0.2) is 66.3 Å². The van der Waals surface area contributed by atoms with Crippen molar-refractivity contribution >= 4 is 6.03 Å². The normalized spacial score (nSPS) is 23.8. The first-order chi connectivity index (χ1) is 10.2. The summed E-state index contributed by atoms with van der Waals surface area (Å²) >= 11 is 0. The number of hydrogen-bond donors (Lipinski definition) is 2. The lowest BCUT2D eigenvalue weighted by Crippen LogP contribution is -2.45. The van der Waals surface area contributed by atoms with Crippen LogP contribution in [0.15, 0.2) is 0 Å². The quantitative estimate of drug-likeness (QED) is 0.735. The van der Waals surface area contributed by atoms with Crippen LogP contribution in [0, 0.1) is 0 Å². The zero-order chi connectivity index (χ0) is 15.1. The van der Waals surface area contributed by atoms with E-state index in [0.29, 0.717) is 0 Å². The number of nitrogens with one attached hydrogen (secondary N) is 1. The third-order valence-corrected chi connectivity index (χ3v) is 5.01. The summed E-state index contributed by atoms with van der Waals surface area (Å²) in [4.78, 5) is 16.3. The van der Waals surface area contributed by atoms with Gasteiger partial charge in [0.05, 0.1) is 12.6 Å². The summed E-state index contributed by atoms with van der Waals surface area (Å²) in [5, 5.41) is 12.2. The van der Waals surface area contributed by atoms with Gasteiger partial charge >= 0.3 is 6.03 Å². The number of nitrogens with zero attached hydrogens (tertiary/aromatic N) is 2. The summed E-state index contributed by atoms with van der Waals surface area (Å²) in [6.45, 7) is 2.63. The van der Waals surface area contributed by atoms with Crippen molar-refractivity contribution in [3.8, 4) is 0 Å². The number of urea groups is 1. The van der Waals surface area contributed by atoms with Crippen molar-refractivity contribution in [1.29, 1.82) is 0 Å². The average molecular weight is 297 g/mol. The van der Waals surface area contributed by atoms with Crippen LogP contribution in [0.4, 0.5) is 4.79 Å². The highest BCUT2D eigenvalue weighted by Gasteiger charge is 2.27. The molecule has 122 valence electrons. The van der Waals surface area contributed by atoms with Crippen molar-refractivity contribution in [2.75, 3.05) is 33.3 Å². The highest BCUT2D eigenvalue weighted by molar-refractivity contribution is 5.74. The van der Waals surface area contributed by atoms with Crippen LogP contribution in [0.25, 0.3) is 0 Å². The minimum atomic E-state index is -0.00753. The molecule has 2 amide bonds. The number of rotatable bonds is 6. The topological polar surface area (TPSA) is 55.8 Å². The van der Waals surface area contributed by atoms with E-state index in [1.165, 1.54) is 32.1 Å². The van der Waals surface area contributed by atoms with E-state index in [9.17, 15) is 9.90 Å². The molecule has 1 atom stereocenters. The fraction of sp³-hybridized carbons (Fsp3) is 0.938. The van der Waals surface area contributed by atoms with E-state index in [1.54, 1.807) is 4.90 Å². The van der Waals surface area contributed by atoms with Crippen molar-refractivity contribution in [3.05, 3.63) is 0 Å². The number of aliphatic hydroxyl groups excluding tert-OH is 1. The Morgan fingerprint density at radius 2 is 2.00 bits per heavy atom. The second kappa shape index (κ2) is 8.59. The van der Waals surface area contributed by atoms with Crippen LogP contribution >= 0.6 is 0 Å². The van der Waals surface area contributed by atoms with Gasteiger partial charge in [0.1, 0.15) is 0 Å². The van der Waals surface area contributed by atoms with Gasteiger partial charge in [0.25, 0.3) is 0 Å². The van der Waals surface area contributed by atoms with Crippen LogP contribution in [0.3, 0.4) is 0 Å². The third kappa shape index (κ3) is 4.85. The molecule has 1 heterocycles. The second-order valence-corrected chi connectivity index (χ2v) is 6.53. The average Bonchev–Trinajstić information content (AvgIpc) is 3.00. The first-order valence-electron chi connectivity index (χ1n) is 8.58.